The molecule has 0 amide bonds. The van der Waals surface area contributed by atoms with Crippen LogP contribution in [0.4, 0.5) is 17.1 Å². The van der Waals surface area contributed by atoms with Crippen molar-refractivity contribution in [2.45, 2.75) is 0 Å². The predicted octanol–water partition coefficient (Wildman–Crippen LogP) is 19.1. The Bertz CT molecular complexity index is 4580. The van der Waals surface area contributed by atoms with Gasteiger partial charge in [-0.05, 0) is 170 Å². The molecule has 0 N–H and O–H groups in total. The molecule has 0 aliphatic heterocycles. The standard InChI is InChI=1S/C68H42N2/c1-2-18-53(19-3-1)70-63-25-7-6-21-57(63)61-41-51(34-37-64(61)70)49-17-8-20-55(39-49)69(54-35-32-44(33-36-54)50-30-26-43-12-4-5-13-48(43)38-50)56-40-52-31-29-47-15-10-23-59-58-22-9-14-45-27-28-46-16-11-24-60(67(46)65(45)58)62(42-56)68(52)66(47)59/h1-42H. The van der Waals surface area contributed by atoms with Crippen molar-refractivity contribution in [3.05, 3.63) is 255 Å². The minimum Gasteiger partial charge on any atom is -0.310 e. The Kier molecular flexibility index (Phi) is 8.39. The van der Waals surface area contributed by atoms with E-state index in [9.17, 15) is 0 Å². The smallest absolute Gasteiger partial charge is 0.0541 e. The fourth-order valence-corrected chi connectivity index (χ4v) is 11.8. The average Bonchev–Trinajstić information content (AvgIpc) is 3.76. The quantitative estimate of drug-likeness (QED) is 0.151. The first-order chi connectivity index (χ1) is 34.7. The summed E-state index contributed by atoms with van der Waals surface area (Å²) in [5, 5.41) is 20.2. The molecule has 1 heterocycles. The van der Waals surface area contributed by atoms with Gasteiger partial charge in [-0.15, -0.1) is 0 Å². The van der Waals surface area contributed by atoms with Crippen LogP contribution < -0.4 is 4.90 Å². The number of hydrogen-bond donors (Lipinski definition) is 0. The molecule has 324 valence electrons. The van der Waals surface area contributed by atoms with Crippen molar-refractivity contribution < 1.29 is 0 Å². The zero-order valence-corrected chi connectivity index (χ0v) is 38.1. The van der Waals surface area contributed by atoms with Crippen LogP contribution in [0.1, 0.15) is 0 Å². The lowest BCUT2D eigenvalue weighted by Gasteiger charge is -2.27. The maximum Gasteiger partial charge on any atom is 0.0541 e. The van der Waals surface area contributed by atoms with Gasteiger partial charge in [-0.25, -0.2) is 0 Å². The first-order valence-corrected chi connectivity index (χ1v) is 24.2. The second-order valence-corrected chi connectivity index (χ2v) is 18.8. The Hall–Kier alpha value is -9.24. The van der Waals surface area contributed by atoms with Crippen molar-refractivity contribution in [2.75, 3.05) is 4.90 Å². The van der Waals surface area contributed by atoms with E-state index in [0.29, 0.717) is 0 Å². The lowest BCUT2D eigenvalue weighted by atomic mass is 9.87. The van der Waals surface area contributed by atoms with Gasteiger partial charge >= 0.3 is 0 Å². The molecule has 15 aromatic rings. The summed E-state index contributed by atoms with van der Waals surface area (Å²) >= 11 is 0. The zero-order chi connectivity index (χ0) is 45.9. The number of para-hydroxylation sites is 2. The molecule has 0 atom stereocenters. The van der Waals surface area contributed by atoms with Crippen molar-refractivity contribution >= 4 is 114 Å². The molecule has 0 spiro atoms. The van der Waals surface area contributed by atoms with E-state index in [1.165, 1.54) is 114 Å². The molecular weight excluding hydrogens is 845 g/mol. The van der Waals surface area contributed by atoms with E-state index in [-0.39, 0.29) is 0 Å². The van der Waals surface area contributed by atoms with Crippen molar-refractivity contribution in [3.63, 3.8) is 0 Å². The van der Waals surface area contributed by atoms with Crippen LogP contribution >= 0.6 is 0 Å². The lowest BCUT2D eigenvalue weighted by molar-refractivity contribution is 1.18. The van der Waals surface area contributed by atoms with E-state index >= 15 is 0 Å². The van der Waals surface area contributed by atoms with Crippen molar-refractivity contribution in [1.29, 1.82) is 0 Å². The first-order valence-electron chi connectivity index (χ1n) is 24.2. The summed E-state index contributed by atoms with van der Waals surface area (Å²) < 4.78 is 2.39. The van der Waals surface area contributed by atoms with E-state index < -0.39 is 0 Å². The zero-order valence-electron chi connectivity index (χ0n) is 38.1. The van der Waals surface area contributed by atoms with Crippen LogP contribution in [-0.2, 0) is 0 Å². The number of aromatic nitrogens is 1. The summed E-state index contributed by atoms with van der Waals surface area (Å²) in [6.45, 7) is 0. The van der Waals surface area contributed by atoms with E-state index in [1.54, 1.807) is 0 Å². The molecule has 14 aromatic carbocycles. The third-order valence-electron chi connectivity index (χ3n) is 15.0. The summed E-state index contributed by atoms with van der Waals surface area (Å²) in [5.41, 5.74) is 11.6. The molecule has 70 heavy (non-hydrogen) atoms. The minimum absolute atomic E-state index is 1.09. The molecule has 0 aliphatic rings. The highest BCUT2D eigenvalue weighted by molar-refractivity contribution is 6.37. The topological polar surface area (TPSA) is 8.17 Å². The molecule has 0 fully saturated rings. The van der Waals surface area contributed by atoms with Crippen molar-refractivity contribution in [2.24, 2.45) is 0 Å². The summed E-state index contributed by atoms with van der Waals surface area (Å²) in [6, 6.07) is 94.7. The molecule has 2 nitrogen and oxygen atoms in total. The predicted molar refractivity (Wildman–Crippen MR) is 300 cm³/mol. The summed E-state index contributed by atoms with van der Waals surface area (Å²) in [7, 11) is 0. The second-order valence-electron chi connectivity index (χ2n) is 18.8. The first kappa shape index (κ1) is 38.8. The van der Waals surface area contributed by atoms with Gasteiger partial charge < -0.3 is 9.47 Å². The van der Waals surface area contributed by atoms with Gasteiger partial charge in [0.15, 0.2) is 0 Å². The minimum atomic E-state index is 1.09. The van der Waals surface area contributed by atoms with Crippen LogP contribution in [0.25, 0.3) is 125 Å². The molecule has 0 saturated heterocycles. The Balaban J connectivity index is 0.975. The van der Waals surface area contributed by atoms with Crippen LogP contribution in [0.3, 0.4) is 0 Å². The molecule has 15 rings (SSSR count). The third-order valence-corrected chi connectivity index (χ3v) is 15.0. The number of fused-ring (bicyclic) bond motifs is 6. The van der Waals surface area contributed by atoms with E-state index in [4.69, 9.17) is 0 Å². The van der Waals surface area contributed by atoms with Gasteiger partial charge in [0.25, 0.3) is 0 Å². The Morgan fingerprint density at radius 3 is 1.49 bits per heavy atom. The van der Waals surface area contributed by atoms with Gasteiger partial charge in [0, 0.05) is 33.5 Å². The van der Waals surface area contributed by atoms with Gasteiger partial charge in [-0.3, -0.25) is 0 Å². The molecule has 1 aromatic heterocycles. The molecule has 0 unspecified atom stereocenters. The summed E-state index contributed by atoms with van der Waals surface area (Å²) in [4.78, 5) is 2.47. The average molecular weight is 887 g/mol. The van der Waals surface area contributed by atoms with Crippen molar-refractivity contribution in [1.82, 2.24) is 4.57 Å². The maximum absolute atomic E-state index is 2.47. The highest BCUT2D eigenvalue weighted by atomic mass is 15.1. The maximum atomic E-state index is 2.47. The SMILES string of the molecule is c1ccc(-n2c3ccccc3c3cc(-c4cccc(N(c5ccc(-c6ccc7ccccc7c6)cc5)c5cc6ccc7cccc8c9cccc%10ccc%11cccc(c(c5)c6c78)c%11c%109)c4)ccc32)cc1. The summed E-state index contributed by atoms with van der Waals surface area (Å²) in [6.07, 6.45) is 0. The van der Waals surface area contributed by atoms with Crippen LogP contribution in [0.15, 0.2) is 255 Å². The number of anilines is 3. The molecular formula is C68H42N2. The van der Waals surface area contributed by atoms with Gasteiger partial charge in [0.05, 0.1) is 11.0 Å². The van der Waals surface area contributed by atoms with E-state index in [2.05, 4.69) is 264 Å². The fourth-order valence-electron chi connectivity index (χ4n) is 11.8. The number of rotatable bonds is 6. The monoisotopic (exact) mass is 886 g/mol. The Morgan fingerprint density at radius 1 is 0.229 bits per heavy atom. The highest BCUT2D eigenvalue weighted by Gasteiger charge is 2.21. The summed E-state index contributed by atoms with van der Waals surface area (Å²) in [5.74, 6) is 0. The highest BCUT2D eigenvalue weighted by Crippen LogP contribution is 2.47. The Labute approximate surface area is 404 Å². The third kappa shape index (κ3) is 5.87. The van der Waals surface area contributed by atoms with Crippen LogP contribution in [0.5, 0.6) is 0 Å². The fraction of sp³-hybridized carbons (Fsp3) is 0. The van der Waals surface area contributed by atoms with Crippen molar-refractivity contribution in [3.8, 4) is 27.9 Å². The second kappa shape index (κ2) is 15.1. The molecule has 0 aliphatic carbocycles. The van der Waals surface area contributed by atoms with E-state index in [1.807, 2.05) is 0 Å². The van der Waals surface area contributed by atoms with E-state index in [0.717, 1.165) is 28.3 Å². The molecule has 2 heteroatoms. The Morgan fingerprint density at radius 2 is 0.743 bits per heavy atom. The van der Waals surface area contributed by atoms with Crippen LogP contribution in [0.2, 0.25) is 0 Å². The molecule has 0 radical (unpaired) electrons. The molecule has 0 saturated carbocycles. The van der Waals surface area contributed by atoms with Gasteiger partial charge in [-0.2, -0.15) is 0 Å². The van der Waals surface area contributed by atoms with Crippen LogP contribution in [-0.4, -0.2) is 4.57 Å². The lowest BCUT2D eigenvalue weighted by Crippen LogP contribution is -2.10. The van der Waals surface area contributed by atoms with Crippen LogP contribution in [0, 0.1) is 0 Å². The van der Waals surface area contributed by atoms with Gasteiger partial charge in [-0.1, -0.05) is 182 Å². The molecule has 0 bridgehead atoms. The van der Waals surface area contributed by atoms with Gasteiger partial charge in [0.1, 0.15) is 0 Å². The normalized spacial score (nSPS) is 12.0. The number of nitrogens with zero attached hydrogens (tertiary/aromatic N) is 2. The largest absolute Gasteiger partial charge is 0.310 e. The number of hydrogen-bond acceptors (Lipinski definition) is 1. The number of benzene rings is 13. The van der Waals surface area contributed by atoms with Gasteiger partial charge in [0.2, 0.25) is 0 Å².